The van der Waals surface area contributed by atoms with E-state index in [-0.39, 0.29) is 24.1 Å². The van der Waals surface area contributed by atoms with Crippen LogP contribution in [0.25, 0.3) is 0 Å². The largest absolute Gasteiger partial charge is 0.481 e. The molecule has 3 atom stereocenters. The molecular formula is C25H44O6. The summed E-state index contributed by atoms with van der Waals surface area (Å²) in [5, 5.41) is 8.83. The molecule has 0 saturated carbocycles. The molecule has 6 nitrogen and oxygen atoms in total. The maximum absolute atomic E-state index is 11.9. The predicted octanol–water partition coefficient (Wildman–Crippen LogP) is 6.20. The van der Waals surface area contributed by atoms with Crippen LogP contribution in [0.4, 0.5) is 0 Å². The molecule has 1 heterocycles. The van der Waals surface area contributed by atoms with Gasteiger partial charge >= 0.3 is 17.9 Å². The van der Waals surface area contributed by atoms with Crippen LogP contribution in [0.1, 0.15) is 123 Å². The van der Waals surface area contributed by atoms with E-state index in [1.807, 2.05) is 0 Å². The fourth-order valence-corrected chi connectivity index (χ4v) is 4.22. The second kappa shape index (κ2) is 17.0. The van der Waals surface area contributed by atoms with Gasteiger partial charge in [-0.1, -0.05) is 90.9 Å². The van der Waals surface area contributed by atoms with Gasteiger partial charge in [-0.25, -0.2) is 0 Å². The highest BCUT2D eigenvalue weighted by atomic mass is 16.6. The van der Waals surface area contributed by atoms with E-state index in [2.05, 4.69) is 13.8 Å². The van der Waals surface area contributed by atoms with E-state index < -0.39 is 18.4 Å². The molecule has 0 bridgehead atoms. The van der Waals surface area contributed by atoms with E-state index in [1.54, 1.807) is 0 Å². The number of rotatable bonds is 20. The van der Waals surface area contributed by atoms with Gasteiger partial charge in [0.15, 0.2) is 0 Å². The van der Waals surface area contributed by atoms with Gasteiger partial charge in [-0.05, 0) is 19.3 Å². The van der Waals surface area contributed by atoms with Crippen LogP contribution in [0.15, 0.2) is 0 Å². The van der Waals surface area contributed by atoms with Crippen molar-refractivity contribution >= 4 is 17.9 Å². The van der Waals surface area contributed by atoms with Crippen molar-refractivity contribution < 1.29 is 29.0 Å². The number of aliphatic carboxylic acids is 1. The van der Waals surface area contributed by atoms with Crippen molar-refractivity contribution in [2.75, 3.05) is 0 Å². The number of unbranched alkanes of at least 4 members (excludes halogenated alkanes) is 11. The van der Waals surface area contributed by atoms with E-state index in [9.17, 15) is 14.4 Å². The minimum atomic E-state index is -1.18. The first-order valence-electron chi connectivity index (χ1n) is 12.6. The van der Waals surface area contributed by atoms with E-state index >= 15 is 0 Å². The van der Waals surface area contributed by atoms with Crippen LogP contribution >= 0.6 is 0 Å². The van der Waals surface area contributed by atoms with Crippen molar-refractivity contribution in [3.05, 3.63) is 0 Å². The summed E-state index contributed by atoms with van der Waals surface area (Å²) in [5.74, 6) is -2.16. The van der Waals surface area contributed by atoms with E-state index in [0.29, 0.717) is 12.8 Å². The standard InChI is InChI=1S/C25H44O6/c1-3-5-7-9-10-11-12-13-14-16-20(30-24(28)19-23(26)27)18-22-21(25(29)31-22)17-15-8-6-4-2/h20-22H,3-19H2,1-2H3,(H,26,27)/t20-,21-,22-/m0/s1. The van der Waals surface area contributed by atoms with Crippen LogP contribution in [-0.4, -0.2) is 35.2 Å². The first-order valence-corrected chi connectivity index (χ1v) is 12.6. The Balaban J connectivity index is 2.38. The number of esters is 2. The summed E-state index contributed by atoms with van der Waals surface area (Å²) in [6, 6.07) is 0. The van der Waals surface area contributed by atoms with Crippen molar-refractivity contribution in [1.82, 2.24) is 0 Å². The number of ether oxygens (including phenoxy) is 2. The molecule has 1 aliphatic rings. The molecule has 0 radical (unpaired) electrons. The van der Waals surface area contributed by atoms with Gasteiger partial charge in [0, 0.05) is 6.42 Å². The van der Waals surface area contributed by atoms with Crippen LogP contribution < -0.4 is 0 Å². The van der Waals surface area contributed by atoms with Crippen molar-refractivity contribution in [3.8, 4) is 0 Å². The highest BCUT2D eigenvalue weighted by Crippen LogP contribution is 2.32. The van der Waals surface area contributed by atoms with Crippen molar-refractivity contribution in [2.24, 2.45) is 5.92 Å². The molecule has 0 aromatic carbocycles. The molecule has 0 aliphatic carbocycles. The second-order valence-corrected chi connectivity index (χ2v) is 8.97. The van der Waals surface area contributed by atoms with Gasteiger partial charge in [-0.2, -0.15) is 0 Å². The summed E-state index contributed by atoms with van der Waals surface area (Å²) >= 11 is 0. The number of carboxylic acids is 1. The Morgan fingerprint density at radius 3 is 2.00 bits per heavy atom. The van der Waals surface area contributed by atoms with Gasteiger partial charge in [0.25, 0.3) is 0 Å². The SMILES string of the molecule is CCCCCCCCCCC[C@@H](C[C@@H]1OC(=O)[C@H]1CCCCCC)OC(=O)CC(=O)O. The lowest BCUT2D eigenvalue weighted by molar-refractivity contribution is -0.190. The van der Waals surface area contributed by atoms with Crippen LogP contribution in [0.3, 0.4) is 0 Å². The molecule has 1 fully saturated rings. The van der Waals surface area contributed by atoms with Crippen LogP contribution in [0.5, 0.6) is 0 Å². The zero-order valence-corrected chi connectivity index (χ0v) is 19.7. The lowest BCUT2D eigenvalue weighted by atomic mass is 9.86. The highest BCUT2D eigenvalue weighted by molar-refractivity contribution is 5.90. The monoisotopic (exact) mass is 440 g/mol. The number of cyclic esters (lactones) is 1. The van der Waals surface area contributed by atoms with Crippen molar-refractivity contribution in [3.63, 3.8) is 0 Å². The van der Waals surface area contributed by atoms with Gasteiger partial charge in [-0.3, -0.25) is 14.4 Å². The Labute approximate surface area is 188 Å². The van der Waals surface area contributed by atoms with Crippen LogP contribution in [0.2, 0.25) is 0 Å². The Morgan fingerprint density at radius 1 is 0.903 bits per heavy atom. The molecule has 31 heavy (non-hydrogen) atoms. The maximum Gasteiger partial charge on any atom is 0.317 e. The molecular weight excluding hydrogens is 396 g/mol. The first-order chi connectivity index (χ1) is 15.0. The van der Waals surface area contributed by atoms with E-state index in [0.717, 1.165) is 38.5 Å². The number of carbonyl (C=O) groups excluding carboxylic acids is 2. The summed E-state index contributed by atoms with van der Waals surface area (Å²) in [5.41, 5.74) is 0. The first kappa shape index (κ1) is 27.4. The van der Waals surface area contributed by atoms with Gasteiger partial charge in [0.05, 0.1) is 5.92 Å². The third-order valence-corrected chi connectivity index (χ3v) is 6.11. The molecule has 180 valence electrons. The molecule has 0 unspecified atom stereocenters. The number of hydrogen-bond donors (Lipinski definition) is 1. The smallest absolute Gasteiger partial charge is 0.317 e. The second-order valence-electron chi connectivity index (χ2n) is 8.97. The number of hydrogen-bond acceptors (Lipinski definition) is 5. The van der Waals surface area contributed by atoms with Gasteiger partial charge < -0.3 is 14.6 Å². The minimum absolute atomic E-state index is 0.111. The summed E-state index contributed by atoms with van der Waals surface area (Å²) in [7, 11) is 0. The van der Waals surface area contributed by atoms with Crippen molar-refractivity contribution in [1.29, 1.82) is 0 Å². The van der Waals surface area contributed by atoms with Crippen LogP contribution in [0, 0.1) is 5.92 Å². The lowest BCUT2D eigenvalue weighted by Gasteiger charge is -2.37. The molecule has 6 heteroatoms. The topological polar surface area (TPSA) is 89.9 Å². The molecule has 1 aliphatic heterocycles. The average Bonchev–Trinajstić information content (AvgIpc) is 2.71. The summed E-state index contributed by atoms with van der Waals surface area (Å²) in [6.07, 6.45) is 16.1. The van der Waals surface area contributed by atoms with Gasteiger partial charge in [0.1, 0.15) is 18.6 Å². The fraction of sp³-hybridized carbons (Fsp3) is 0.880. The summed E-state index contributed by atoms with van der Waals surface area (Å²) in [4.78, 5) is 34.6. The minimum Gasteiger partial charge on any atom is -0.481 e. The number of carbonyl (C=O) groups is 3. The van der Waals surface area contributed by atoms with Gasteiger partial charge in [0.2, 0.25) is 0 Å². The molecule has 0 spiro atoms. The van der Waals surface area contributed by atoms with Crippen molar-refractivity contribution in [2.45, 2.75) is 135 Å². The lowest BCUT2D eigenvalue weighted by Crippen LogP contribution is -2.47. The van der Waals surface area contributed by atoms with Crippen LogP contribution in [-0.2, 0) is 23.9 Å². The van der Waals surface area contributed by atoms with Gasteiger partial charge in [-0.15, -0.1) is 0 Å². The quantitative estimate of drug-likeness (QED) is 0.138. The van der Waals surface area contributed by atoms with E-state index in [4.69, 9.17) is 14.6 Å². The Hall–Kier alpha value is -1.59. The third-order valence-electron chi connectivity index (χ3n) is 6.11. The fourth-order valence-electron chi connectivity index (χ4n) is 4.22. The normalized spacial score (nSPS) is 18.8. The third kappa shape index (κ3) is 12.8. The molecule has 1 rings (SSSR count). The number of carboxylic acid groups (broad SMARTS) is 1. The molecule has 0 amide bonds. The predicted molar refractivity (Wildman–Crippen MR) is 121 cm³/mol. The summed E-state index contributed by atoms with van der Waals surface area (Å²) in [6.45, 7) is 4.38. The Bertz CT molecular complexity index is 518. The highest BCUT2D eigenvalue weighted by Gasteiger charge is 2.43. The zero-order chi connectivity index (χ0) is 22.9. The Kier molecular flexibility index (Phi) is 15.1. The summed E-state index contributed by atoms with van der Waals surface area (Å²) < 4.78 is 10.8. The zero-order valence-electron chi connectivity index (χ0n) is 19.7. The molecule has 0 aromatic heterocycles. The maximum atomic E-state index is 11.9. The Morgan fingerprint density at radius 2 is 1.45 bits per heavy atom. The molecule has 1 N–H and O–H groups in total. The molecule has 1 saturated heterocycles. The van der Waals surface area contributed by atoms with E-state index in [1.165, 1.54) is 51.4 Å². The molecule has 0 aromatic rings. The average molecular weight is 441 g/mol.